The van der Waals surface area contributed by atoms with Gasteiger partial charge < -0.3 is 4.74 Å². The zero-order valence-electron chi connectivity index (χ0n) is 53.7. The first-order valence-corrected chi connectivity index (χ1v) is 23.5. The van der Waals surface area contributed by atoms with Crippen molar-refractivity contribution in [3.8, 4) is 67.5 Å². The van der Waals surface area contributed by atoms with Gasteiger partial charge in [-0.1, -0.05) is 163 Å². The second-order valence-corrected chi connectivity index (χ2v) is 22.6. The molecule has 0 saturated carbocycles. The molecule has 1 atom stereocenters. The van der Waals surface area contributed by atoms with Crippen LogP contribution in [0, 0.1) is 5.92 Å². The SMILES string of the molecule is [2H]c1c([2H])c(C(C)(C([2H])([2H])[2H])C([2H])([2H])[2H])c([2H])c([2H])c1-c1c([2H])c([2H])[n+]2c(c1[2H])-c1cc(C(C)(C)C)cc3c1C21Oc2c(cc(C(C)(C)C)cc2C(C)(C)C)-c2n(-c4ccc(-c5ccccc5)c(CC(C)C)c4)c4cccc-3c4[n+]21. The zero-order chi connectivity index (χ0) is 58.4. The van der Waals surface area contributed by atoms with Gasteiger partial charge in [0.25, 0.3) is 0 Å². The van der Waals surface area contributed by atoms with Crippen LogP contribution >= 0.6 is 0 Å². The summed E-state index contributed by atoms with van der Waals surface area (Å²) in [5.41, 5.74) is 6.58. The normalized spacial score (nSPS) is 19.1. The highest BCUT2D eigenvalue weighted by molar-refractivity contribution is 5.98. The Bertz CT molecular complexity index is 3960. The summed E-state index contributed by atoms with van der Waals surface area (Å²) in [5, 5.41) is 0. The molecule has 3 aliphatic heterocycles. The van der Waals surface area contributed by atoms with Crippen molar-refractivity contribution in [2.24, 2.45) is 5.92 Å². The van der Waals surface area contributed by atoms with Gasteiger partial charge >= 0.3 is 11.7 Å². The number of aromatic nitrogens is 3. The number of rotatable bonds is 5. The van der Waals surface area contributed by atoms with E-state index in [-0.39, 0.29) is 11.1 Å². The van der Waals surface area contributed by atoms with Crippen LogP contribution in [-0.2, 0) is 33.9 Å². The fourth-order valence-corrected chi connectivity index (χ4v) is 10.4. The Labute approximate surface area is 417 Å². The summed E-state index contributed by atoms with van der Waals surface area (Å²) in [4.78, 5) is 0. The highest BCUT2D eigenvalue weighted by atomic mass is 16.5. The van der Waals surface area contributed by atoms with Crippen molar-refractivity contribution < 1.29 is 31.7 Å². The molecule has 0 bridgehead atoms. The van der Waals surface area contributed by atoms with E-state index in [1.165, 1.54) is 5.56 Å². The summed E-state index contributed by atoms with van der Waals surface area (Å²) < 4.78 is 133. The van der Waals surface area contributed by atoms with Crippen molar-refractivity contribution in [3.63, 3.8) is 0 Å². The minimum atomic E-state index is -3.31. The first kappa shape index (κ1) is 30.9. The predicted molar refractivity (Wildman–Crippen MR) is 277 cm³/mol. The Kier molecular flexibility index (Phi) is 6.63. The standard InChI is InChI=1S/C63H67N3O/c1-38(2)31-42-32-46(27-28-47(42)40-19-16-15-17-20-40)65-53-22-18-21-48-49-34-44(60(6,7)8)35-50-54-33-41(39-23-25-43(26-24-39)59(3,4)5)29-30-64(54)63(55(49)50)66(56(48)53)58(65)51-36-45(61(9,10)11)37-52(57(51)67-63)62(12,13)14/h15-30,32-38H,31H2,1-14H3/q+2/i3D3,4D3,23D,24D,25D,26D,29D,30D,33D. The summed E-state index contributed by atoms with van der Waals surface area (Å²) >= 11 is 0. The lowest BCUT2D eigenvalue weighted by atomic mass is 9.78. The van der Waals surface area contributed by atoms with Crippen LogP contribution in [0.5, 0.6) is 5.75 Å². The second-order valence-electron chi connectivity index (χ2n) is 22.6. The number of imidazole rings is 1. The number of para-hydroxylation sites is 1. The molecule has 0 saturated heterocycles. The van der Waals surface area contributed by atoms with E-state index in [0.29, 0.717) is 22.8 Å². The molecule has 11 rings (SSSR count). The van der Waals surface area contributed by atoms with Crippen LogP contribution in [0.15, 0.2) is 133 Å². The highest BCUT2D eigenvalue weighted by Crippen LogP contribution is 2.56. The van der Waals surface area contributed by atoms with E-state index in [4.69, 9.17) is 13.0 Å². The molecule has 4 nitrogen and oxygen atoms in total. The molecule has 6 aromatic carbocycles. The average molecular weight is 895 g/mol. The molecule has 67 heavy (non-hydrogen) atoms. The van der Waals surface area contributed by atoms with E-state index in [1.54, 1.807) is 4.57 Å². The molecule has 3 aliphatic rings. The van der Waals surface area contributed by atoms with Crippen molar-refractivity contribution in [2.75, 3.05) is 0 Å². The number of fused-ring (bicyclic) bond motifs is 5. The Morgan fingerprint density at radius 2 is 1.31 bits per heavy atom. The van der Waals surface area contributed by atoms with Gasteiger partial charge in [0.1, 0.15) is 18.2 Å². The third kappa shape index (κ3) is 6.52. The monoisotopic (exact) mass is 895 g/mol. The van der Waals surface area contributed by atoms with Crippen molar-refractivity contribution in [3.05, 3.63) is 167 Å². The van der Waals surface area contributed by atoms with Crippen molar-refractivity contribution in [1.29, 1.82) is 0 Å². The molecule has 0 amide bonds. The van der Waals surface area contributed by atoms with Gasteiger partial charge in [-0.2, -0.15) is 4.57 Å². The van der Waals surface area contributed by atoms with E-state index in [0.717, 1.165) is 80.4 Å². The Morgan fingerprint density at radius 1 is 0.627 bits per heavy atom. The van der Waals surface area contributed by atoms with Crippen LogP contribution in [-0.4, -0.2) is 4.57 Å². The average Bonchev–Trinajstić information content (AvgIpc) is 4.04. The maximum Gasteiger partial charge on any atom is 0.499 e. The largest absolute Gasteiger partial charge is 0.499 e. The van der Waals surface area contributed by atoms with Gasteiger partial charge in [0.15, 0.2) is 23.0 Å². The van der Waals surface area contributed by atoms with Crippen LogP contribution in [0.3, 0.4) is 0 Å². The number of benzene rings is 6. The van der Waals surface area contributed by atoms with Gasteiger partial charge in [-0.25, -0.2) is 0 Å². The molecule has 0 fully saturated rings. The lowest BCUT2D eigenvalue weighted by Gasteiger charge is -2.36. The number of hydrogen-bond donors (Lipinski definition) is 0. The van der Waals surface area contributed by atoms with Gasteiger partial charge in [-0.05, 0) is 127 Å². The molecule has 1 spiro atoms. The summed E-state index contributed by atoms with van der Waals surface area (Å²) in [6.07, 6.45) is 0.337. The molecular weight excluding hydrogens is 815 g/mol. The van der Waals surface area contributed by atoms with Crippen LogP contribution in [0.4, 0.5) is 0 Å². The number of nitrogens with zero attached hydrogens (tertiary/aromatic N) is 3. The summed E-state index contributed by atoms with van der Waals surface area (Å²) in [5.74, 6) is -0.220. The van der Waals surface area contributed by atoms with E-state index in [9.17, 15) is 9.60 Å². The Morgan fingerprint density at radius 3 is 1.99 bits per heavy atom. The molecule has 0 radical (unpaired) electrons. The maximum atomic E-state index is 10.5. The van der Waals surface area contributed by atoms with Crippen LogP contribution in [0.25, 0.3) is 72.7 Å². The maximum absolute atomic E-state index is 10.5. The molecule has 0 aliphatic carbocycles. The molecule has 5 heterocycles. The number of pyridine rings is 1. The van der Waals surface area contributed by atoms with Crippen LogP contribution < -0.4 is 13.9 Å². The molecule has 0 N–H and O–H groups in total. The minimum Gasteiger partial charge on any atom is -0.392 e. The van der Waals surface area contributed by atoms with Crippen LogP contribution in [0.1, 0.15) is 148 Å². The van der Waals surface area contributed by atoms with Crippen molar-refractivity contribution in [2.45, 2.75) is 131 Å². The smallest absolute Gasteiger partial charge is 0.392 e. The quantitative estimate of drug-likeness (QED) is 0.158. The Balaban J connectivity index is 1.34. The highest BCUT2D eigenvalue weighted by Gasteiger charge is 2.69. The number of ether oxygens (including phenoxy) is 1. The Hall–Kier alpha value is -6.26. The fourth-order valence-electron chi connectivity index (χ4n) is 10.4. The van der Waals surface area contributed by atoms with Gasteiger partial charge in [-0.3, -0.25) is 0 Å². The van der Waals surface area contributed by atoms with Crippen LogP contribution in [0.2, 0.25) is 0 Å². The summed E-state index contributed by atoms with van der Waals surface area (Å²) in [6.45, 7) is 18.0. The van der Waals surface area contributed by atoms with Gasteiger partial charge in [0.2, 0.25) is 5.69 Å². The van der Waals surface area contributed by atoms with E-state index < -0.39 is 94.9 Å². The fraction of sp³-hybridized carbons (Fsp3) is 0.333. The van der Waals surface area contributed by atoms with Gasteiger partial charge in [-0.15, -0.1) is 9.13 Å². The summed E-state index contributed by atoms with van der Waals surface area (Å²) in [7, 11) is 0. The molecule has 1 unspecified atom stereocenters. The molecule has 4 heteroatoms. The topological polar surface area (TPSA) is 21.9 Å². The van der Waals surface area contributed by atoms with Crippen molar-refractivity contribution >= 4 is 11.0 Å². The van der Waals surface area contributed by atoms with Crippen molar-refractivity contribution in [1.82, 2.24) is 4.57 Å². The van der Waals surface area contributed by atoms with Gasteiger partial charge in [0, 0.05) is 37.0 Å². The zero-order valence-corrected chi connectivity index (χ0v) is 40.7. The molecule has 338 valence electrons. The van der Waals surface area contributed by atoms with Gasteiger partial charge in [0.05, 0.1) is 13.8 Å². The third-order valence-corrected chi connectivity index (χ3v) is 13.8. The first-order valence-electron chi connectivity index (χ1n) is 30.0. The lowest BCUT2D eigenvalue weighted by Crippen LogP contribution is -2.78. The predicted octanol–water partition coefficient (Wildman–Crippen LogP) is 15.2. The second kappa shape index (κ2) is 14.4. The van der Waals surface area contributed by atoms with E-state index in [2.05, 4.69) is 164 Å². The molecule has 8 aromatic rings. The molecule has 2 aromatic heterocycles. The first-order chi connectivity index (χ1) is 37.0. The lowest BCUT2D eigenvalue weighted by molar-refractivity contribution is -0.997. The van der Waals surface area contributed by atoms with E-state index in [1.807, 2.05) is 12.1 Å². The van der Waals surface area contributed by atoms with E-state index >= 15 is 0 Å². The summed E-state index contributed by atoms with van der Waals surface area (Å²) in [6, 6.07) is 27.4. The molecular formula is C63H67N3O+2. The third-order valence-electron chi connectivity index (χ3n) is 13.8. The minimum absolute atomic E-state index is 0.129. The number of hydrogen-bond acceptors (Lipinski definition) is 1.